The molecule has 1 atom stereocenters. The maximum atomic E-state index is 13.8. The van der Waals surface area contributed by atoms with Crippen LogP contribution in [-0.4, -0.2) is 49.5 Å². The minimum atomic E-state index is -3.82. The summed E-state index contributed by atoms with van der Waals surface area (Å²) in [6.45, 7) is 10.9. The minimum Gasteiger partial charge on any atom is -0.350 e. The quantitative estimate of drug-likeness (QED) is 0.403. The molecule has 0 fully saturated rings. The van der Waals surface area contributed by atoms with Gasteiger partial charge in [0.2, 0.25) is 21.8 Å². The molecule has 204 valence electrons. The Hall–Kier alpha value is -2.29. The molecule has 2 amide bonds. The number of carbonyl (C=O) groups is 2. The van der Waals surface area contributed by atoms with Crippen molar-refractivity contribution in [2.24, 2.45) is 0 Å². The van der Waals surface area contributed by atoms with Crippen molar-refractivity contribution >= 4 is 50.7 Å². The summed E-state index contributed by atoms with van der Waals surface area (Å²) in [5.41, 5.74) is 1.36. The van der Waals surface area contributed by atoms with Crippen LogP contribution in [-0.2, 0) is 26.2 Å². The fraction of sp³-hybridized carbons (Fsp3) is 0.481. The second kappa shape index (κ2) is 12.5. The van der Waals surface area contributed by atoms with E-state index < -0.39 is 34.1 Å². The summed E-state index contributed by atoms with van der Waals surface area (Å²) >= 11 is 12.8. The van der Waals surface area contributed by atoms with Crippen molar-refractivity contribution < 1.29 is 18.0 Å². The van der Waals surface area contributed by atoms with Gasteiger partial charge in [-0.1, -0.05) is 62.2 Å². The summed E-state index contributed by atoms with van der Waals surface area (Å²) in [7, 11) is -3.82. The first-order valence-electron chi connectivity index (χ1n) is 12.2. The third-order valence-corrected chi connectivity index (χ3v) is 7.65. The summed E-state index contributed by atoms with van der Waals surface area (Å²) in [5.74, 6) is -0.631. The van der Waals surface area contributed by atoms with Crippen molar-refractivity contribution in [2.45, 2.75) is 72.0 Å². The van der Waals surface area contributed by atoms with Crippen molar-refractivity contribution in [2.75, 3.05) is 17.1 Å². The molecule has 2 aromatic rings. The van der Waals surface area contributed by atoms with Crippen molar-refractivity contribution in [1.29, 1.82) is 0 Å². The Labute approximate surface area is 231 Å². The first-order valence-corrected chi connectivity index (χ1v) is 14.8. The largest absolute Gasteiger partial charge is 0.350 e. The van der Waals surface area contributed by atoms with E-state index in [0.29, 0.717) is 27.7 Å². The molecule has 0 aliphatic carbocycles. The highest BCUT2D eigenvalue weighted by Gasteiger charge is 2.33. The van der Waals surface area contributed by atoms with Gasteiger partial charge in [0.1, 0.15) is 12.6 Å². The molecule has 0 unspecified atom stereocenters. The number of rotatable bonds is 10. The van der Waals surface area contributed by atoms with Crippen molar-refractivity contribution in [1.82, 2.24) is 10.2 Å². The SMILES string of the molecule is CC[C@H](C(=O)NC(C)(C)C)N(Cc1c(Cl)cccc1Cl)C(=O)CN(c1ccc(C(C)C)cc1)S(C)(=O)=O. The van der Waals surface area contributed by atoms with Crippen LogP contribution in [0.15, 0.2) is 42.5 Å². The fourth-order valence-electron chi connectivity index (χ4n) is 3.87. The lowest BCUT2D eigenvalue weighted by molar-refractivity contribution is -0.141. The van der Waals surface area contributed by atoms with Crippen LogP contribution in [0, 0.1) is 0 Å². The number of hydrogen-bond donors (Lipinski definition) is 1. The Kier molecular flexibility index (Phi) is 10.5. The van der Waals surface area contributed by atoms with Gasteiger partial charge in [-0.2, -0.15) is 0 Å². The maximum absolute atomic E-state index is 13.8. The molecule has 0 spiro atoms. The van der Waals surface area contributed by atoms with Gasteiger partial charge in [0.25, 0.3) is 0 Å². The van der Waals surface area contributed by atoms with E-state index in [9.17, 15) is 18.0 Å². The summed E-state index contributed by atoms with van der Waals surface area (Å²) in [6, 6.07) is 11.2. The molecular weight excluding hydrogens is 533 g/mol. The van der Waals surface area contributed by atoms with Gasteiger partial charge in [0.05, 0.1) is 11.9 Å². The van der Waals surface area contributed by atoms with Gasteiger partial charge in [0.15, 0.2) is 0 Å². The molecule has 0 aliphatic heterocycles. The number of nitrogens with one attached hydrogen (secondary N) is 1. The van der Waals surface area contributed by atoms with Crippen LogP contribution in [0.4, 0.5) is 5.69 Å². The predicted octanol–water partition coefficient (Wildman–Crippen LogP) is 5.60. The van der Waals surface area contributed by atoms with Gasteiger partial charge >= 0.3 is 0 Å². The number of anilines is 1. The average molecular weight is 571 g/mol. The number of sulfonamides is 1. The Balaban J connectivity index is 2.51. The zero-order valence-corrected chi connectivity index (χ0v) is 24.8. The van der Waals surface area contributed by atoms with Gasteiger partial charge in [-0.3, -0.25) is 13.9 Å². The van der Waals surface area contributed by atoms with E-state index >= 15 is 0 Å². The van der Waals surface area contributed by atoms with Gasteiger partial charge in [-0.15, -0.1) is 0 Å². The van der Waals surface area contributed by atoms with Crippen LogP contribution < -0.4 is 9.62 Å². The van der Waals surface area contributed by atoms with E-state index in [1.807, 2.05) is 46.8 Å². The molecule has 0 radical (unpaired) electrons. The third kappa shape index (κ3) is 8.62. The maximum Gasteiger partial charge on any atom is 0.244 e. The zero-order valence-electron chi connectivity index (χ0n) is 22.5. The second-order valence-corrected chi connectivity index (χ2v) is 13.1. The molecule has 0 bridgehead atoms. The van der Waals surface area contributed by atoms with Crippen molar-refractivity contribution in [3.63, 3.8) is 0 Å². The molecule has 0 aromatic heterocycles. The lowest BCUT2D eigenvalue weighted by Crippen LogP contribution is -2.55. The highest BCUT2D eigenvalue weighted by Crippen LogP contribution is 2.28. The number of carbonyl (C=O) groups excluding carboxylic acids is 2. The van der Waals surface area contributed by atoms with Crippen LogP contribution >= 0.6 is 23.2 Å². The van der Waals surface area contributed by atoms with Crippen LogP contribution in [0.1, 0.15) is 65.0 Å². The molecule has 0 aliphatic rings. The molecule has 2 rings (SSSR count). The first-order chi connectivity index (χ1) is 17.0. The van der Waals surface area contributed by atoms with E-state index in [4.69, 9.17) is 23.2 Å². The number of amides is 2. The van der Waals surface area contributed by atoms with E-state index in [1.165, 1.54) is 4.90 Å². The Morgan fingerprint density at radius 1 is 1.00 bits per heavy atom. The van der Waals surface area contributed by atoms with Crippen molar-refractivity contribution in [3.8, 4) is 0 Å². The minimum absolute atomic E-state index is 0.0582. The predicted molar refractivity (Wildman–Crippen MR) is 152 cm³/mol. The molecule has 10 heteroatoms. The molecule has 7 nitrogen and oxygen atoms in total. The molecule has 0 saturated heterocycles. The van der Waals surface area contributed by atoms with E-state index in [-0.39, 0.29) is 18.4 Å². The highest BCUT2D eigenvalue weighted by molar-refractivity contribution is 7.92. The third-order valence-electron chi connectivity index (χ3n) is 5.80. The number of nitrogens with zero attached hydrogens (tertiary/aromatic N) is 2. The Morgan fingerprint density at radius 3 is 1.97 bits per heavy atom. The van der Waals surface area contributed by atoms with E-state index in [0.717, 1.165) is 16.1 Å². The fourth-order valence-corrected chi connectivity index (χ4v) is 5.23. The van der Waals surface area contributed by atoms with Crippen LogP contribution in [0.5, 0.6) is 0 Å². The average Bonchev–Trinajstić information content (AvgIpc) is 2.77. The van der Waals surface area contributed by atoms with Crippen LogP contribution in [0.2, 0.25) is 10.0 Å². The van der Waals surface area contributed by atoms with E-state index in [1.54, 1.807) is 37.3 Å². The highest BCUT2D eigenvalue weighted by atomic mass is 35.5. The normalized spacial score (nSPS) is 12.8. The molecule has 2 aromatic carbocycles. The number of benzene rings is 2. The number of hydrogen-bond acceptors (Lipinski definition) is 4. The summed E-state index contributed by atoms with van der Waals surface area (Å²) in [6.07, 6.45) is 1.35. The van der Waals surface area contributed by atoms with Crippen LogP contribution in [0.3, 0.4) is 0 Å². The molecule has 0 heterocycles. The van der Waals surface area contributed by atoms with Gasteiger partial charge in [0, 0.05) is 27.7 Å². The lowest BCUT2D eigenvalue weighted by atomic mass is 10.0. The second-order valence-electron chi connectivity index (χ2n) is 10.4. The number of halogens is 2. The zero-order chi connectivity index (χ0) is 28.1. The summed E-state index contributed by atoms with van der Waals surface area (Å²) in [4.78, 5) is 28.4. The Morgan fingerprint density at radius 2 is 1.54 bits per heavy atom. The topological polar surface area (TPSA) is 86.8 Å². The summed E-state index contributed by atoms with van der Waals surface area (Å²) < 4.78 is 26.6. The lowest BCUT2D eigenvalue weighted by Gasteiger charge is -2.34. The van der Waals surface area contributed by atoms with Gasteiger partial charge in [-0.05, 0) is 62.9 Å². The Bertz CT molecular complexity index is 1190. The van der Waals surface area contributed by atoms with Crippen molar-refractivity contribution in [3.05, 3.63) is 63.6 Å². The smallest absolute Gasteiger partial charge is 0.244 e. The van der Waals surface area contributed by atoms with E-state index in [2.05, 4.69) is 5.32 Å². The van der Waals surface area contributed by atoms with Gasteiger partial charge < -0.3 is 10.2 Å². The first kappa shape index (κ1) is 30.9. The molecule has 1 N–H and O–H groups in total. The van der Waals surface area contributed by atoms with Gasteiger partial charge in [-0.25, -0.2) is 8.42 Å². The standard InChI is InChI=1S/C27H37Cl2N3O4S/c1-8-24(26(34)30-27(4,5)6)31(16-21-22(28)10-9-11-23(21)29)25(33)17-32(37(7,35)36)20-14-12-19(13-15-20)18(2)3/h9-15,18,24H,8,16-17H2,1-7H3,(H,30,34)/t24-/m1/s1. The monoisotopic (exact) mass is 569 g/mol. The molecular formula is C27H37Cl2N3O4S. The molecule has 37 heavy (non-hydrogen) atoms. The molecule has 0 saturated carbocycles. The summed E-state index contributed by atoms with van der Waals surface area (Å²) in [5, 5.41) is 3.62. The van der Waals surface area contributed by atoms with Crippen LogP contribution in [0.25, 0.3) is 0 Å².